The zero-order valence-corrected chi connectivity index (χ0v) is 16.6. The van der Waals surface area contributed by atoms with Crippen LogP contribution in [0.1, 0.15) is 16.7 Å². The van der Waals surface area contributed by atoms with Crippen LogP contribution in [0.15, 0.2) is 41.5 Å². The summed E-state index contributed by atoms with van der Waals surface area (Å²) in [6.07, 6.45) is -3.26. The van der Waals surface area contributed by atoms with Gasteiger partial charge in [-0.05, 0) is 51.9 Å². The van der Waals surface area contributed by atoms with Crippen molar-refractivity contribution in [1.29, 1.82) is 0 Å². The van der Waals surface area contributed by atoms with E-state index in [-0.39, 0.29) is 12.0 Å². The number of carbonyl (C=O) groups is 1. The molecule has 1 amide bonds. The maximum Gasteiger partial charge on any atom is 0.416 e. The molecule has 5 nitrogen and oxygen atoms in total. The number of hydrogen-bond acceptors (Lipinski definition) is 4. The van der Waals surface area contributed by atoms with Crippen LogP contribution >= 0.6 is 22.6 Å². The van der Waals surface area contributed by atoms with Crippen LogP contribution in [-0.2, 0) is 17.4 Å². The first-order valence-electron chi connectivity index (χ1n) is 7.64. The molecule has 0 heterocycles. The van der Waals surface area contributed by atoms with Gasteiger partial charge in [0.1, 0.15) is 0 Å². The Bertz CT molecular complexity index is 854. The molecule has 0 aromatic heterocycles. The molecule has 9 heteroatoms. The van der Waals surface area contributed by atoms with Crippen LogP contribution in [0.2, 0.25) is 0 Å². The predicted molar refractivity (Wildman–Crippen MR) is 103 cm³/mol. The second-order valence-corrected chi connectivity index (χ2v) is 6.57. The minimum Gasteiger partial charge on any atom is -0.493 e. The SMILES string of the molecule is COc1cc(C=NNC(=O)Cc2cccc(C(F)(F)F)c2)cc(I)c1OC. The van der Waals surface area contributed by atoms with Crippen LogP contribution in [0.5, 0.6) is 11.5 Å². The largest absolute Gasteiger partial charge is 0.493 e. The van der Waals surface area contributed by atoms with Crippen molar-refractivity contribution in [1.82, 2.24) is 5.43 Å². The Hall–Kier alpha value is -2.30. The third-order valence-corrected chi connectivity index (χ3v) is 4.28. The first kappa shape index (κ1) is 21.0. The molecule has 144 valence electrons. The average molecular weight is 492 g/mol. The number of hydrogen-bond donors (Lipinski definition) is 1. The summed E-state index contributed by atoms with van der Waals surface area (Å²) in [6.45, 7) is 0. The van der Waals surface area contributed by atoms with Gasteiger partial charge >= 0.3 is 6.18 Å². The maximum absolute atomic E-state index is 12.7. The maximum atomic E-state index is 12.7. The highest BCUT2D eigenvalue weighted by molar-refractivity contribution is 14.1. The van der Waals surface area contributed by atoms with E-state index in [1.165, 1.54) is 32.6 Å². The molecule has 0 saturated heterocycles. The number of halogens is 4. The molecule has 27 heavy (non-hydrogen) atoms. The van der Waals surface area contributed by atoms with Gasteiger partial charge in [-0.3, -0.25) is 4.79 Å². The van der Waals surface area contributed by atoms with E-state index in [1.54, 1.807) is 12.1 Å². The molecule has 0 unspecified atom stereocenters. The second-order valence-electron chi connectivity index (χ2n) is 5.41. The summed E-state index contributed by atoms with van der Waals surface area (Å²) in [4.78, 5) is 11.9. The molecule has 0 saturated carbocycles. The average Bonchev–Trinajstić information content (AvgIpc) is 2.60. The lowest BCUT2D eigenvalue weighted by molar-refractivity contribution is -0.137. The van der Waals surface area contributed by atoms with Crippen LogP contribution in [-0.4, -0.2) is 26.3 Å². The van der Waals surface area contributed by atoms with E-state index in [2.05, 4.69) is 33.1 Å². The molecular formula is C18H16F3IN2O3. The normalized spacial score (nSPS) is 11.5. The van der Waals surface area contributed by atoms with Gasteiger partial charge in [0.05, 0.1) is 36.0 Å². The third-order valence-electron chi connectivity index (χ3n) is 3.48. The molecule has 0 atom stereocenters. The van der Waals surface area contributed by atoms with Gasteiger partial charge in [0.2, 0.25) is 5.91 Å². The summed E-state index contributed by atoms with van der Waals surface area (Å²) in [5.41, 5.74) is 2.41. The van der Waals surface area contributed by atoms with Crippen LogP contribution in [0.4, 0.5) is 13.2 Å². The van der Waals surface area contributed by atoms with Crippen molar-refractivity contribution in [2.75, 3.05) is 14.2 Å². The number of carbonyl (C=O) groups excluding carboxylic acids is 1. The minimum absolute atomic E-state index is 0.218. The molecule has 0 spiro atoms. The minimum atomic E-state index is -4.45. The van der Waals surface area contributed by atoms with Crippen LogP contribution < -0.4 is 14.9 Å². The molecule has 0 aliphatic heterocycles. The van der Waals surface area contributed by atoms with Gasteiger partial charge < -0.3 is 9.47 Å². The number of alkyl halides is 3. The molecule has 0 bridgehead atoms. The Morgan fingerprint density at radius 1 is 1.22 bits per heavy atom. The Balaban J connectivity index is 2.03. The van der Waals surface area contributed by atoms with E-state index in [1.807, 2.05) is 0 Å². The van der Waals surface area contributed by atoms with Gasteiger partial charge in [0.15, 0.2) is 11.5 Å². The van der Waals surface area contributed by atoms with E-state index in [0.29, 0.717) is 17.1 Å². The summed E-state index contributed by atoms with van der Waals surface area (Å²) in [7, 11) is 3.04. The van der Waals surface area contributed by atoms with Gasteiger partial charge in [-0.2, -0.15) is 18.3 Å². The molecule has 2 rings (SSSR count). The number of hydrazone groups is 1. The number of nitrogens with zero attached hydrogens (tertiary/aromatic N) is 1. The van der Waals surface area contributed by atoms with E-state index in [4.69, 9.17) is 9.47 Å². The van der Waals surface area contributed by atoms with Gasteiger partial charge in [-0.1, -0.05) is 18.2 Å². The monoisotopic (exact) mass is 492 g/mol. The topological polar surface area (TPSA) is 59.9 Å². The van der Waals surface area contributed by atoms with Crippen LogP contribution in [0.3, 0.4) is 0 Å². The summed E-state index contributed by atoms with van der Waals surface area (Å²) >= 11 is 2.08. The molecule has 0 aliphatic rings. The van der Waals surface area contributed by atoms with Gasteiger partial charge in [-0.15, -0.1) is 0 Å². The van der Waals surface area contributed by atoms with Gasteiger partial charge in [-0.25, -0.2) is 5.43 Å². The molecule has 0 aliphatic carbocycles. The Morgan fingerprint density at radius 2 is 1.96 bits per heavy atom. The lowest BCUT2D eigenvalue weighted by Crippen LogP contribution is -2.20. The van der Waals surface area contributed by atoms with Crippen molar-refractivity contribution in [3.8, 4) is 11.5 Å². The van der Waals surface area contributed by atoms with Gasteiger partial charge in [0, 0.05) is 0 Å². The number of benzene rings is 2. The summed E-state index contributed by atoms with van der Waals surface area (Å²) < 4.78 is 49.4. The lowest BCUT2D eigenvalue weighted by Gasteiger charge is -2.10. The summed E-state index contributed by atoms with van der Waals surface area (Å²) in [5, 5.41) is 3.83. The van der Waals surface area contributed by atoms with E-state index in [9.17, 15) is 18.0 Å². The fourth-order valence-electron chi connectivity index (χ4n) is 2.27. The first-order valence-corrected chi connectivity index (χ1v) is 8.72. The predicted octanol–water partition coefficient (Wildman–Crippen LogP) is 4.02. The smallest absolute Gasteiger partial charge is 0.416 e. The Kier molecular flexibility index (Phi) is 7.05. The molecule has 2 aromatic carbocycles. The third kappa shape index (κ3) is 5.84. The highest BCUT2D eigenvalue weighted by Gasteiger charge is 2.30. The van der Waals surface area contributed by atoms with Crippen molar-refractivity contribution in [2.24, 2.45) is 5.10 Å². The Labute approximate surface area is 167 Å². The van der Waals surface area contributed by atoms with Crippen molar-refractivity contribution >= 4 is 34.7 Å². The fraction of sp³-hybridized carbons (Fsp3) is 0.222. The Morgan fingerprint density at radius 3 is 2.59 bits per heavy atom. The standard InChI is InChI=1S/C18H16F3IN2O3/c1-26-15-8-12(7-14(22)17(15)27-2)10-23-24-16(25)9-11-4-3-5-13(6-11)18(19,20)21/h3-8,10H,9H2,1-2H3,(H,24,25). The molecule has 0 fully saturated rings. The van der Waals surface area contributed by atoms with Crippen molar-refractivity contribution in [3.63, 3.8) is 0 Å². The number of rotatable bonds is 6. The summed E-state index contributed by atoms with van der Waals surface area (Å²) in [5.74, 6) is 0.575. The van der Waals surface area contributed by atoms with Crippen molar-refractivity contribution in [2.45, 2.75) is 12.6 Å². The number of amides is 1. The number of ether oxygens (including phenoxy) is 2. The van der Waals surface area contributed by atoms with E-state index < -0.39 is 17.6 Å². The second kappa shape index (κ2) is 9.07. The summed E-state index contributed by atoms with van der Waals surface area (Å²) in [6, 6.07) is 8.08. The molecular weight excluding hydrogens is 476 g/mol. The molecule has 0 radical (unpaired) electrons. The zero-order valence-electron chi connectivity index (χ0n) is 14.4. The van der Waals surface area contributed by atoms with Crippen molar-refractivity contribution < 1.29 is 27.4 Å². The van der Waals surface area contributed by atoms with Crippen molar-refractivity contribution in [3.05, 3.63) is 56.7 Å². The number of nitrogens with one attached hydrogen (secondary N) is 1. The van der Waals surface area contributed by atoms with E-state index >= 15 is 0 Å². The highest BCUT2D eigenvalue weighted by Crippen LogP contribution is 2.33. The van der Waals surface area contributed by atoms with E-state index in [0.717, 1.165) is 15.7 Å². The zero-order chi connectivity index (χ0) is 20.0. The molecule has 1 N–H and O–H groups in total. The quantitative estimate of drug-likeness (QED) is 0.377. The van der Waals surface area contributed by atoms with Crippen LogP contribution in [0.25, 0.3) is 0 Å². The molecule has 2 aromatic rings. The lowest BCUT2D eigenvalue weighted by atomic mass is 10.1. The van der Waals surface area contributed by atoms with Crippen LogP contribution in [0, 0.1) is 3.57 Å². The first-order chi connectivity index (χ1) is 12.7. The highest BCUT2D eigenvalue weighted by atomic mass is 127. The number of methoxy groups -OCH3 is 2. The van der Waals surface area contributed by atoms with Gasteiger partial charge in [0.25, 0.3) is 0 Å². The fourth-order valence-corrected chi connectivity index (χ4v) is 3.12.